The predicted molar refractivity (Wildman–Crippen MR) is 74.7 cm³/mol. The molecule has 3 rings (SSSR count). The number of para-hydroxylation sites is 1. The maximum absolute atomic E-state index is 5.52. The zero-order valence-electron chi connectivity index (χ0n) is 10.3. The fourth-order valence-corrected chi connectivity index (χ4v) is 2.12. The Bertz CT molecular complexity index is 669. The van der Waals surface area contributed by atoms with Crippen molar-refractivity contribution in [2.75, 3.05) is 5.32 Å². The van der Waals surface area contributed by atoms with E-state index in [1.54, 1.807) is 0 Å². The lowest BCUT2D eigenvalue weighted by atomic mass is 10.1. The number of benzene rings is 2. The minimum Gasteiger partial charge on any atom is -0.464 e. The summed E-state index contributed by atoms with van der Waals surface area (Å²) in [5.74, 6) is 0. The van der Waals surface area contributed by atoms with E-state index in [-0.39, 0.29) is 0 Å². The van der Waals surface area contributed by atoms with Crippen LogP contribution in [0.3, 0.4) is 0 Å². The molecule has 0 aliphatic carbocycles. The summed E-state index contributed by atoms with van der Waals surface area (Å²) in [6.07, 6.45) is 1.83. The van der Waals surface area contributed by atoms with Crippen molar-refractivity contribution in [3.8, 4) is 0 Å². The van der Waals surface area contributed by atoms with Gasteiger partial charge in [-0.15, -0.1) is 0 Å². The Morgan fingerprint density at radius 2 is 1.94 bits per heavy atom. The van der Waals surface area contributed by atoms with E-state index in [0.29, 0.717) is 0 Å². The second kappa shape index (κ2) is 4.57. The van der Waals surface area contributed by atoms with Crippen LogP contribution in [0.2, 0.25) is 0 Å². The van der Waals surface area contributed by atoms with Gasteiger partial charge in [-0.25, -0.2) is 0 Å². The molecule has 0 aliphatic rings. The second-order valence-electron chi connectivity index (χ2n) is 4.48. The van der Waals surface area contributed by atoms with Gasteiger partial charge in [0, 0.05) is 23.2 Å². The van der Waals surface area contributed by atoms with Gasteiger partial charge >= 0.3 is 0 Å². The fourth-order valence-electron chi connectivity index (χ4n) is 2.12. The van der Waals surface area contributed by atoms with Crippen molar-refractivity contribution in [2.24, 2.45) is 0 Å². The van der Waals surface area contributed by atoms with Gasteiger partial charge in [0.05, 0.1) is 6.26 Å². The number of hydrogen-bond acceptors (Lipinski definition) is 2. The first-order valence-corrected chi connectivity index (χ1v) is 6.08. The van der Waals surface area contributed by atoms with Crippen molar-refractivity contribution < 1.29 is 4.42 Å². The van der Waals surface area contributed by atoms with E-state index in [2.05, 4.69) is 42.6 Å². The smallest absolute Gasteiger partial charge is 0.134 e. The number of nitrogens with one attached hydrogen (secondary N) is 1. The number of rotatable bonds is 3. The van der Waals surface area contributed by atoms with Gasteiger partial charge in [-0.3, -0.25) is 0 Å². The molecule has 2 aromatic carbocycles. The van der Waals surface area contributed by atoms with Crippen molar-refractivity contribution in [2.45, 2.75) is 13.5 Å². The molecule has 1 heterocycles. The Kier molecular flexibility index (Phi) is 2.77. The molecule has 0 fully saturated rings. The topological polar surface area (TPSA) is 25.2 Å². The second-order valence-corrected chi connectivity index (χ2v) is 4.48. The monoisotopic (exact) mass is 237 g/mol. The summed E-state index contributed by atoms with van der Waals surface area (Å²) in [5.41, 5.74) is 4.53. The van der Waals surface area contributed by atoms with Gasteiger partial charge in [-0.2, -0.15) is 0 Å². The van der Waals surface area contributed by atoms with Crippen molar-refractivity contribution in [1.82, 2.24) is 0 Å². The Morgan fingerprint density at radius 1 is 1.06 bits per heavy atom. The molecule has 90 valence electrons. The normalized spacial score (nSPS) is 10.7. The lowest BCUT2D eigenvalue weighted by Crippen LogP contribution is -1.98. The average Bonchev–Trinajstić information content (AvgIpc) is 2.80. The number of anilines is 1. The molecule has 3 aromatic rings. The summed E-state index contributed by atoms with van der Waals surface area (Å²) < 4.78 is 5.52. The van der Waals surface area contributed by atoms with Crippen LogP contribution in [0.4, 0.5) is 5.69 Å². The molecule has 1 N–H and O–H groups in total. The van der Waals surface area contributed by atoms with Gasteiger partial charge in [0.15, 0.2) is 0 Å². The van der Waals surface area contributed by atoms with Crippen LogP contribution in [0, 0.1) is 6.92 Å². The molecule has 0 aliphatic heterocycles. The third-order valence-electron chi connectivity index (χ3n) is 3.06. The third-order valence-corrected chi connectivity index (χ3v) is 3.06. The summed E-state index contributed by atoms with van der Waals surface area (Å²) >= 11 is 0. The highest BCUT2D eigenvalue weighted by atomic mass is 16.3. The van der Waals surface area contributed by atoms with Crippen LogP contribution in [0.1, 0.15) is 11.1 Å². The maximum atomic E-state index is 5.52. The van der Waals surface area contributed by atoms with Crippen molar-refractivity contribution >= 4 is 16.7 Å². The minimum absolute atomic E-state index is 0.778. The van der Waals surface area contributed by atoms with Crippen LogP contribution in [0.25, 0.3) is 11.0 Å². The van der Waals surface area contributed by atoms with Crippen molar-refractivity contribution in [1.29, 1.82) is 0 Å². The van der Waals surface area contributed by atoms with E-state index >= 15 is 0 Å². The molecule has 18 heavy (non-hydrogen) atoms. The molecule has 2 nitrogen and oxygen atoms in total. The molecule has 0 amide bonds. The first kappa shape index (κ1) is 10.9. The van der Waals surface area contributed by atoms with Crippen molar-refractivity contribution in [3.63, 3.8) is 0 Å². The summed E-state index contributed by atoms with van der Waals surface area (Å²) in [6, 6.07) is 16.5. The van der Waals surface area contributed by atoms with E-state index in [1.807, 2.05) is 24.5 Å². The fraction of sp³-hybridized carbons (Fsp3) is 0.125. The largest absolute Gasteiger partial charge is 0.464 e. The van der Waals surface area contributed by atoms with Crippen LogP contribution in [0.15, 0.2) is 59.2 Å². The Morgan fingerprint density at radius 3 is 2.83 bits per heavy atom. The van der Waals surface area contributed by atoms with Gasteiger partial charge in [-0.05, 0) is 30.7 Å². The van der Waals surface area contributed by atoms with Crippen LogP contribution >= 0.6 is 0 Å². The molecule has 0 bridgehead atoms. The Labute approximate surface area is 106 Å². The van der Waals surface area contributed by atoms with Crippen LogP contribution in [0.5, 0.6) is 0 Å². The molecule has 0 radical (unpaired) electrons. The predicted octanol–water partition coefficient (Wildman–Crippen LogP) is 4.35. The minimum atomic E-state index is 0.778. The molecule has 1 aromatic heterocycles. The maximum Gasteiger partial charge on any atom is 0.134 e. The lowest BCUT2D eigenvalue weighted by molar-refractivity contribution is 0.611. The van der Waals surface area contributed by atoms with Gasteiger partial charge in [0.25, 0.3) is 0 Å². The van der Waals surface area contributed by atoms with Crippen LogP contribution in [-0.2, 0) is 6.54 Å². The highest BCUT2D eigenvalue weighted by Crippen LogP contribution is 2.21. The van der Waals surface area contributed by atoms with E-state index in [1.165, 1.54) is 16.5 Å². The Balaban J connectivity index is 1.81. The number of fused-ring (bicyclic) bond motifs is 1. The standard InChI is InChI=1S/C16H15NO/c1-12-5-4-6-14(9-12)17-10-13-11-18-16-8-3-2-7-15(13)16/h2-9,11,17H,10H2,1H3. The molecular formula is C16H15NO. The molecule has 0 unspecified atom stereocenters. The highest BCUT2D eigenvalue weighted by molar-refractivity contribution is 5.81. The summed E-state index contributed by atoms with van der Waals surface area (Å²) in [6.45, 7) is 2.87. The van der Waals surface area contributed by atoms with E-state index < -0.39 is 0 Å². The quantitative estimate of drug-likeness (QED) is 0.732. The SMILES string of the molecule is Cc1cccc(NCc2coc3ccccc23)c1. The van der Waals surface area contributed by atoms with E-state index in [9.17, 15) is 0 Å². The third kappa shape index (κ3) is 2.09. The van der Waals surface area contributed by atoms with Gasteiger partial charge < -0.3 is 9.73 Å². The molecule has 0 saturated heterocycles. The molecule has 2 heteroatoms. The summed E-state index contributed by atoms with van der Waals surface area (Å²) in [5, 5.41) is 4.60. The molecule has 0 saturated carbocycles. The summed E-state index contributed by atoms with van der Waals surface area (Å²) in [4.78, 5) is 0. The first-order chi connectivity index (χ1) is 8.83. The molecular weight excluding hydrogens is 222 g/mol. The number of furan rings is 1. The summed E-state index contributed by atoms with van der Waals surface area (Å²) in [7, 11) is 0. The van der Waals surface area contributed by atoms with Crippen LogP contribution < -0.4 is 5.32 Å². The van der Waals surface area contributed by atoms with E-state index in [4.69, 9.17) is 4.42 Å². The number of aryl methyl sites for hydroxylation is 1. The molecule has 0 spiro atoms. The van der Waals surface area contributed by atoms with Crippen molar-refractivity contribution in [3.05, 3.63) is 65.9 Å². The zero-order chi connectivity index (χ0) is 12.4. The number of hydrogen-bond donors (Lipinski definition) is 1. The van der Waals surface area contributed by atoms with E-state index in [0.717, 1.165) is 17.8 Å². The zero-order valence-corrected chi connectivity index (χ0v) is 10.3. The Hall–Kier alpha value is -2.22. The average molecular weight is 237 g/mol. The lowest BCUT2D eigenvalue weighted by Gasteiger charge is -2.05. The molecule has 0 atom stereocenters. The highest BCUT2D eigenvalue weighted by Gasteiger charge is 2.04. The van der Waals surface area contributed by atoms with Gasteiger partial charge in [0.2, 0.25) is 0 Å². The van der Waals surface area contributed by atoms with Crippen LogP contribution in [-0.4, -0.2) is 0 Å². The van der Waals surface area contributed by atoms with Gasteiger partial charge in [-0.1, -0.05) is 30.3 Å². The first-order valence-electron chi connectivity index (χ1n) is 6.08. The van der Waals surface area contributed by atoms with Gasteiger partial charge in [0.1, 0.15) is 5.58 Å².